The van der Waals surface area contributed by atoms with Crippen LogP contribution in [0.2, 0.25) is 0 Å². The Morgan fingerprint density at radius 2 is 2.00 bits per heavy atom. The van der Waals surface area contributed by atoms with E-state index in [0.717, 1.165) is 44.5 Å². The predicted octanol–water partition coefficient (Wildman–Crippen LogP) is 3.13. The van der Waals surface area contributed by atoms with E-state index < -0.39 is 11.7 Å². The molecule has 0 aliphatic carbocycles. The lowest BCUT2D eigenvalue weighted by atomic mass is 10.0. The fourth-order valence-electron chi connectivity index (χ4n) is 2.71. The van der Waals surface area contributed by atoms with Crippen molar-refractivity contribution in [1.82, 2.24) is 10.4 Å². The Hall–Kier alpha value is -1.60. The van der Waals surface area contributed by atoms with Gasteiger partial charge >= 0.3 is 6.18 Å². The van der Waals surface area contributed by atoms with Crippen molar-refractivity contribution in [2.24, 2.45) is 0 Å². The molecule has 7 heteroatoms. The van der Waals surface area contributed by atoms with Crippen molar-refractivity contribution in [2.75, 3.05) is 13.1 Å². The molecule has 0 aromatic heterocycles. The highest BCUT2D eigenvalue weighted by atomic mass is 19.4. The van der Waals surface area contributed by atoms with Gasteiger partial charge in [0.2, 0.25) is 0 Å². The van der Waals surface area contributed by atoms with Crippen molar-refractivity contribution in [1.29, 1.82) is 0 Å². The van der Waals surface area contributed by atoms with Gasteiger partial charge in [-0.15, -0.1) is 0 Å². The molecule has 0 bridgehead atoms. The van der Waals surface area contributed by atoms with Gasteiger partial charge < -0.3 is 0 Å². The van der Waals surface area contributed by atoms with Crippen LogP contribution in [0.15, 0.2) is 24.3 Å². The summed E-state index contributed by atoms with van der Waals surface area (Å²) >= 11 is 0. The molecule has 1 unspecified atom stereocenters. The number of amides is 1. The fourth-order valence-corrected chi connectivity index (χ4v) is 2.71. The maximum Gasteiger partial charge on any atom is 0.416 e. The van der Waals surface area contributed by atoms with Crippen molar-refractivity contribution in [2.45, 2.75) is 45.0 Å². The van der Waals surface area contributed by atoms with Crippen molar-refractivity contribution in [3.63, 3.8) is 0 Å². The van der Waals surface area contributed by atoms with E-state index >= 15 is 0 Å². The summed E-state index contributed by atoms with van der Waals surface area (Å²) in [6, 6.07) is 4.49. The second-order valence-corrected chi connectivity index (χ2v) is 5.59. The standard InChI is InChI=1S/C16H21F3N2O2/c1-2-21-10-4-3-5-14(21)15(22)20-23-11-12-6-8-13(9-7-12)16(17,18)19/h6-9,14H,2-5,10-11H2,1H3,(H,20,22). The zero-order valence-corrected chi connectivity index (χ0v) is 13.0. The number of hydrogen-bond acceptors (Lipinski definition) is 3. The molecule has 0 saturated carbocycles. The van der Waals surface area contributed by atoms with Gasteiger partial charge in [0.25, 0.3) is 5.91 Å². The van der Waals surface area contributed by atoms with Crippen LogP contribution in [0.4, 0.5) is 13.2 Å². The highest BCUT2D eigenvalue weighted by molar-refractivity contribution is 5.80. The number of alkyl halides is 3. The van der Waals surface area contributed by atoms with Crippen LogP contribution in [-0.4, -0.2) is 29.9 Å². The maximum absolute atomic E-state index is 12.5. The number of carbonyl (C=O) groups is 1. The molecule has 1 aromatic carbocycles. The zero-order chi connectivity index (χ0) is 16.9. The number of nitrogens with one attached hydrogen (secondary N) is 1. The normalized spacial score (nSPS) is 19.6. The molecule has 1 heterocycles. The Kier molecular flexibility index (Phi) is 6.01. The van der Waals surface area contributed by atoms with Crippen LogP contribution in [0.3, 0.4) is 0 Å². The molecule has 23 heavy (non-hydrogen) atoms. The molecule has 1 fully saturated rings. The first-order valence-electron chi connectivity index (χ1n) is 7.73. The molecule has 1 aliphatic heterocycles. The monoisotopic (exact) mass is 330 g/mol. The van der Waals surface area contributed by atoms with Gasteiger partial charge in [-0.1, -0.05) is 25.5 Å². The first-order chi connectivity index (χ1) is 10.9. The highest BCUT2D eigenvalue weighted by Gasteiger charge is 2.30. The number of halogens is 3. The number of hydroxylamine groups is 1. The SMILES string of the molecule is CCN1CCCCC1C(=O)NOCc1ccc(C(F)(F)F)cc1. The van der Waals surface area contributed by atoms with Crippen LogP contribution in [0.1, 0.15) is 37.3 Å². The van der Waals surface area contributed by atoms with E-state index in [2.05, 4.69) is 10.4 Å². The van der Waals surface area contributed by atoms with Gasteiger partial charge in [0.1, 0.15) is 0 Å². The lowest BCUT2D eigenvalue weighted by Gasteiger charge is -2.33. The van der Waals surface area contributed by atoms with E-state index in [9.17, 15) is 18.0 Å². The second-order valence-electron chi connectivity index (χ2n) is 5.59. The average molecular weight is 330 g/mol. The third-order valence-electron chi connectivity index (χ3n) is 4.02. The number of hydrogen-bond donors (Lipinski definition) is 1. The summed E-state index contributed by atoms with van der Waals surface area (Å²) < 4.78 is 37.4. The average Bonchev–Trinajstić information content (AvgIpc) is 2.54. The van der Waals surface area contributed by atoms with Gasteiger partial charge in [-0.2, -0.15) is 13.2 Å². The Morgan fingerprint density at radius 1 is 1.30 bits per heavy atom. The van der Waals surface area contributed by atoms with Gasteiger partial charge in [-0.05, 0) is 43.6 Å². The van der Waals surface area contributed by atoms with Gasteiger partial charge in [0.15, 0.2) is 0 Å². The summed E-state index contributed by atoms with van der Waals surface area (Å²) in [4.78, 5) is 19.4. The van der Waals surface area contributed by atoms with Gasteiger partial charge in [0.05, 0.1) is 18.2 Å². The summed E-state index contributed by atoms with van der Waals surface area (Å²) in [7, 11) is 0. The number of likely N-dealkylation sites (N-methyl/N-ethyl adjacent to an activating group) is 1. The van der Waals surface area contributed by atoms with Gasteiger partial charge in [0, 0.05) is 0 Å². The van der Waals surface area contributed by atoms with E-state index in [1.165, 1.54) is 12.1 Å². The maximum atomic E-state index is 12.5. The molecule has 1 aliphatic rings. The number of likely N-dealkylation sites (tertiary alicyclic amines) is 1. The number of carbonyl (C=O) groups excluding carboxylic acids is 1. The Balaban J connectivity index is 1.81. The molecule has 2 rings (SSSR count). The summed E-state index contributed by atoms with van der Waals surface area (Å²) in [6.45, 7) is 3.74. The van der Waals surface area contributed by atoms with Gasteiger partial charge in [-0.25, -0.2) is 5.48 Å². The van der Waals surface area contributed by atoms with Crippen LogP contribution < -0.4 is 5.48 Å². The van der Waals surface area contributed by atoms with Crippen molar-refractivity contribution >= 4 is 5.91 Å². The van der Waals surface area contributed by atoms with E-state index in [1.807, 2.05) is 6.92 Å². The van der Waals surface area contributed by atoms with Crippen molar-refractivity contribution in [3.8, 4) is 0 Å². The fraction of sp³-hybridized carbons (Fsp3) is 0.562. The molecule has 128 valence electrons. The lowest BCUT2D eigenvalue weighted by molar-refractivity contribution is -0.141. The van der Waals surface area contributed by atoms with Gasteiger partial charge in [-0.3, -0.25) is 14.5 Å². The smallest absolute Gasteiger partial charge is 0.292 e. The summed E-state index contributed by atoms with van der Waals surface area (Å²) in [5.41, 5.74) is 2.27. The number of nitrogens with zero attached hydrogens (tertiary/aromatic N) is 1. The minimum Gasteiger partial charge on any atom is -0.292 e. The Labute approximate surface area is 133 Å². The van der Waals surface area contributed by atoms with Crippen molar-refractivity contribution < 1.29 is 22.8 Å². The Bertz CT molecular complexity index is 517. The third-order valence-corrected chi connectivity index (χ3v) is 4.02. The van der Waals surface area contributed by atoms with Crippen LogP contribution in [0.25, 0.3) is 0 Å². The molecule has 1 saturated heterocycles. The van der Waals surface area contributed by atoms with E-state index in [-0.39, 0.29) is 18.6 Å². The van der Waals surface area contributed by atoms with Crippen LogP contribution >= 0.6 is 0 Å². The Morgan fingerprint density at radius 3 is 2.61 bits per heavy atom. The van der Waals surface area contributed by atoms with E-state index in [4.69, 9.17) is 4.84 Å². The molecule has 0 spiro atoms. The summed E-state index contributed by atoms with van der Waals surface area (Å²) in [6.07, 6.45) is -1.46. The predicted molar refractivity (Wildman–Crippen MR) is 79.3 cm³/mol. The van der Waals surface area contributed by atoms with E-state index in [1.54, 1.807) is 0 Å². The number of piperidine rings is 1. The van der Waals surface area contributed by atoms with Crippen LogP contribution in [0.5, 0.6) is 0 Å². The number of benzene rings is 1. The zero-order valence-electron chi connectivity index (χ0n) is 13.0. The quantitative estimate of drug-likeness (QED) is 0.844. The summed E-state index contributed by atoms with van der Waals surface area (Å²) in [5.74, 6) is -0.196. The van der Waals surface area contributed by atoms with E-state index in [0.29, 0.717) is 5.56 Å². The molecule has 1 N–H and O–H groups in total. The number of rotatable bonds is 5. The molecular formula is C16H21F3N2O2. The topological polar surface area (TPSA) is 41.6 Å². The highest BCUT2D eigenvalue weighted by Crippen LogP contribution is 2.29. The molecule has 1 atom stereocenters. The first kappa shape index (κ1) is 17.7. The minimum absolute atomic E-state index is 0.0305. The van der Waals surface area contributed by atoms with Crippen LogP contribution in [-0.2, 0) is 22.4 Å². The minimum atomic E-state index is -4.35. The van der Waals surface area contributed by atoms with Crippen LogP contribution in [0, 0.1) is 0 Å². The molecule has 1 amide bonds. The second kappa shape index (κ2) is 7.79. The molecule has 4 nitrogen and oxygen atoms in total. The molecule has 1 aromatic rings. The van der Waals surface area contributed by atoms with Crippen molar-refractivity contribution in [3.05, 3.63) is 35.4 Å². The lowest BCUT2D eigenvalue weighted by Crippen LogP contribution is -2.49. The molecule has 0 radical (unpaired) electrons. The summed E-state index contributed by atoms with van der Waals surface area (Å²) in [5, 5.41) is 0. The third kappa shape index (κ3) is 4.94. The molecular weight excluding hydrogens is 309 g/mol. The first-order valence-corrected chi connectivity index (χ1v) is 7.73. The largest absolute Gasteiger partial charge is 0.416 e.